The fourth-order valence-corrected chi connectivity index (χ4v) is 4.58. The number of anilines is 1. The number of amides is 1. The van der Waals surface area contributed by atoms with E-state index in [-0.39, 0.29) is 12.5 Å². The minimum Gasteiger partial charge on any atom is -0.484 e. The second-order valence-corrected chi connectivity index (χ2v) is 9.35. The van der Waals surface area contributed by atoms with Crippen molar-refractivity contribution in [3.8, 4) is 5.75 Å². The number of benzene rings is 1. The van der Waals surface area contributed by atoms with Crippen LogP contribution in [0.3, 0.4) is 0 Å². The third kappa shape index (κ3) is 6.16. The lowest BCUT2D eigenvalue weighted by atomic mass is 10.1. The first-order chi connectivity index (χ1) is 16.1. The molecular formula is C24H32N6O2S. The molecule has 1 fully saturated rings. The number of hydrogen-bond acceptors (Lipinski definition) is 7. The summed E-state index contributed by atoms with van der Waals surface area (Å²) < 4.78 is 7.44. The molecule has 0 bridgehead atoms. The van der Waals surface area contributed by atoms with Gasteiger partial charge in [0.05, 0.1) is 18.1 Å². The van der Waals surface area contributed by atoms with Gasteiger partial charge < -0.3 is 15.0 Å². The van der Waals surface area contributed by atoms with E-state index >= 15 is 0 Å². The van der Waals surface area contributed by atoms with Gasteiger partial charge in [0.1, 0.15) is 11.6 Å². The summed E-state index contributed by atoms with van der Waals surface area (Å²) in [6, 6.07) is 7.67. The van der Waals surface area contributed by atoms with Crippen LogP contribution in [0.15, 0.2) is 35.6 Å². The first kappa shape index (κ1) is 23.4. The van der Waals surface area contributed by atoms with Crippen LogP contribution in [-0.2, 0) is 11.3 Å². The molecule has 0 saturated carbocycles. The van der Waals surface area contributed by atoms with Gasteiger partial charge in [-0.3, -0.25) is 4.79 Å². The van der Waals surface area contributed by atoms with Gasteiger partial charge in [-0.05, 0) is 50.3 Å². The highest BCUT2D eigenvalue weighted by atomic mass is 32.2. The molecule has 3 aromatic rings. The van der Waals surface area contributed by atoms with E-state index < -0.39 is 0 Å². The molecule has 1 aliphatic heterocycles. The zero-order chi connectivity index (χ0) is 23.0. The molecule has 4 rings (SSSR count). The normalized spacial score (nSPS) is 13.9. The van der Waals surface area contributed by atoms with Gasteiger partial charge in [-0.2, -0.15) is 5.10 Å². The Morgan fingerprint density at radius 1 is 1.21 bits per heavy atom. The van der Waals surface area contributed by atoms with Gasteiger partial charge in [0.2, 0.25) is 0 Å². The van der Waals surface area contributed by atoms with Crippen molar-refractivity contribution in [1.82, 2.24) is 25.1 Å². The lowest BCUT2D eigenvalue weighted by Gasteiger charge is -2.28. The highest BCUT2D eigenvalue weighted by Gasteiger charge is 2.20. The molecule has 1 aromatic carbocycles. The molecule has 1 N–H and O–H groups in total. The van der Waals surface area contributed by atoms with Crippen molar-refractivity contribution in [3.63, 3.8) is 0 Å². The monoisotopic (exact) mass is 468 g/mol. The molecule has 9 heteroatoms. The number of ether oxygens (including phenoxy) is 1. The molecule has 33 heavy (non-hydrogen) atoms. The Morgan fingerprint density at radius 3 is 2.85 bits per heavy atom. The predicted molar refractivity (Wildman–Crippen MR) is 132 cm³/mol. The third-order valence-corrected chi connectivity index (χ3v) is 6.60. The maximum atomic E-state index is 12.2. The van der Waals surface area contributed by atoms with E-state index in [1.807, 2.05) is 42.1 Å². The maximum absolute atomic E-state index is 12.2. The average molecular weight is 469 g/mol. The number of piperidine rings is 1. The van der Waals surface area contributed by atoms with Gasteiger partial charge in [-0.1, -0.05) is 30.8 Å². The lowest BCUT2D eigenvalue weighted by molar-refractivity contribution is -0.123. The Bertz CT molecular complexity index is 1080. The zero-order valence-electron chi connectivity index (χ0n) is 19.4. The first-order valence-electron chi connectivity index (χ1n) is 11.7. The molecule has 0 radical (unpaired) electrons. The highest BCUT2D eigenvalue weighted by molar-refractivity contribution is 7.99. The van der Waals surface area contributed by atoms with Crippen molar-refractivity contribution in [2.24, 2.45) is 0 Å². The van der Waals surface area contributed by atoms with Gasteiger partial charge in [-0.25, -0.2) is 14.6 Å². The summed E-state index contributed by atoms with van der Waals surface area (Å²) >= 11 is 1.68. The fourth-order valence-electron chi connectivity index (χ4n) is 3.90. The van der Waals surface area contributed by atoms with E-state index in [0.29, 0.717) is 18.8 Å². The van der Waals surface area contributed by atoms with Crippen LogP contribution in [0.4, 0.5) is 5.82 Å². The van der Waals surface area contributed by atoms with E-state index in [2.05, 4.69) is 22.2 Å². The zero-order valence-corrected chi connectivity index (χ0v) is 20.2. The van der Waals surface area contributed by atoms with Crippen molar-refractivity contribution >= 4 is 34.5 Å². The minimum atomic E-state index is -0.157. The van der Waals surface area contributed by atoms with Gasteiger partial charge >= 0.3 is 0 Å². The Morgan fingerprint density at radius 2 is 2.06 bits per heavy atom. The van der Waals surface area contributed by atoms with E-state index in [9.17, 15) is 4.79 Å². The number of carbonyl (C=O) groups excluding carboxylic acids is 1. The number of carbonyl (C=O) groups is 1. The molecule has 8 nitrogen and oxygen atoms in total. The fraction of sp³-hybridized carbons (Fsp3) is 0.500. The largest absolute Gasteiger partial charge is 0.484 e. The van der Waals surface area contributed by atoms with Crippen LogP contribution in [0.1, 0.15) is 38.2 Å². The quantitative estimate of drug-likeness (QED) is 0.358. The lowest BCUT2D eigenvalue weighted by Crippen LogP contribution is -2.32. The molecule has 0 atom stereocenters. The molecule has 1 amide bonds. The van der Waals surface area contributed by atoms with E-state index in [1.165, 1.54) is 19.3 Å². The van der Waals surface area contributed by atoms with E-state index in [0.717, 1.165) is 52.8 Å². The molecule has 0 aliphatic carbocycles. The van der Waals surface area contributed by atoms with Crippen LogP contribution in [0.2, 0.25) is 0 Å². The molecule has 0 unspecified atom stereocenters. The van der Waals surface area contributed by atoms with Crippen molar-refractivity contribution in [1.29, 1.82) is 0 Å². The molecular weight excluding hydrogens is 436 g/mol. The number of hydrogen-bond donors (Lipinski definition) is 1. The third-order valence-electron chi connectivity index (χ3n) is 5.55. The molecule has 1 aliphatic rings. The topological polar surface area (TPSA) is 85.2 Å². The number of thioether (sulfide) groups is 1. The SMILES string of the molecule is CCCSc1nc(N2CCCCC2)c2cnn(CCNC(=O)COc3cccc(C)c3)c2n1. The minimum absolute atomic E-state index is 0.0115. The molecule has 1 saturated heterocycles. The van der Waals surface area contributed by atoms with Crippen molar-refractivity contribution < 1.29 is 9.53 Å². The predicted octanol–water partition coefficient (Wildman–Crippen LogP) is 3.82. The number of fused-ring (bicyclic) bond motifs is 1. The van der Waals surface area contributed by atoms with Crippen molar-refractivity contribution in [2.45, 2.75) is 51.2 Å². The van der Waals surface area contributed by atoms with Gasteiger partial charge in [0, 0.05) is 25.4 Å². The summed E-state index contributed by atoms with van der Waals surface area (Å²) in [7, 11) is 0. The van der Waals surface area contributed by atoms with Crippen LogP contribution in [0.25, 0.3) is 11.0 Å². The van der Waals surface area contributed by atoms with E-state index in [4.69, 9.17) is 14.7 Å². The smallest absolute Gasteiger partial charge is 0.258 e. The van der Waals surface area contributed by atoms with Crippen LogP contribution in [0, 0.1) is 6.92 Å². The number of nitrogens with zero attached hydrogens (tertiary/aromatic N) is 5. The number of aromatic nitrogens is 4. The van der Waals surface area contributed by atoms with Gasteiger partial charge in [0.25, 0.3) is 5.91 Å². The standard InChI is InChI=1S/C24H32N6O2S/c1-3-14-33-24-27-22(29-11-5-4-6-12-29)20-16-26-30(23(20)28-24)13-10-25-21(31)17-32-19-9-7-8-18(2)15-19/h7-9,15-16H,3-6,10-14,17H2,1-2H3,(H,25,31). The Balaban J connectivity index is 1.41. The number of rotatable bonds is 10. The van der Waals surface area contributed by atoms with Crippen molar-refractivity contribution in [2.75, 3.05) is 36.9 Å². The number of nitrogens with one attached hydrogen (secondary N) is 1. The van der Waals surface area contributed by atoms with Gasteiger partial charge in [0.15, 0.2) is 17.4 Å². The molecule has 0 spiro atoms. The van der Waals surface area contributed by atoms with Crippen molar-refractivity contribution in [3.05, 3.63) is 36.0 Å². The summed E-state index contributed by atoms with van der Waals surface area (Å²) in [4.78, 5) is 24.3. The van der Waals surface area contributed by atoms with Gasteiger partial charge in [-0.15, -0.1) is 0 Å². The van der Waals surface area contributed by atoms with Crippen LogP contribution >= 0.6 is 11.8 Å². The summed E-state index contributed by atoms with van der Waals surface area (Å²) in [5.41, 5.74) is 1.93. The second-order valence-electron chi connectivity index (χ2n) is 8.29. The molecule has 176 valence electrons. The second kappa shape index (κ2) is 11.4. The number of aryl methyl sites for hydroxylation is 1. The Kier molecular flexibility index (Phi) is 8.04. The highest BCUT2D eigenvalue weighted by Crippen LogP contribution is 2.29. The first-order valence-corrected chi connectivity index (χ1v) is 12.7. The maximum Gasteiger partial charge on any atom is 0.258 e. The molecule has 2 aromatic heterocycles. The van der Waals surface area contributed by atoms with E-state index in [1.54, 1.807) is 11.8 Å². The summed E-state index contributed by atoms with van der Waals surface area (Å²) in [6.07, 6.45) is 6.58. The summed E-state index contributed by atoms with van der Waals surface area (Å²) in [5, 5.41) is 9.25. The average Bonchev–Trinajstić information content (AvgIpc) is 3.24. The van der Waals surface area contributed by atoms with Crippen LogP contribution < -0.4 is 15.0 Å². The molecule has 3 heterocycles. The van der Waals surface area contributed by atoms with Crippen LogP contribution in [0.5, 0.6) is 5.75 Å². The Hall–Kier alpha value is -2.81. The Labute approximate surface area is 199 Å². The summed E-state index contributed by atoms with van der Waals surface area (Å²) in [6.45, 7) is 7.17. The summed E-state index contributed by atoms with van der Waals surface area (Å²) in [5.74, 6) is 2.51. The van der Waals surface area contributed by atoms with Crippen LogP contribution in [-0.4, -0.2) is 57.6 Å².